The maximum atomic E-state index is 12.6. The molecule has 0 heterocycles. The molecule has 84 valence electrons. The topological polar surface area (TPSA) is 60.2 Å². The fourth-order valence-electron chi connectivity index (χ4n) is 1.22. The Morgan fingerprint density at radius 1 is 1.27 bits per heavy atom. The molecule has 0 aliphatic heterocycles. The van der Waals surface area contributed by atoms with Gasteiger partial charge in [0, 0.05) is 12.3 Å². The summed E-state index contributed by atoms with van der Waals surface area (Å²) in [6, 6.07) is 4.91. The van der Waals surface area contributed by atoms with Crippen molar-refractivity contribution in [3.8, 4) is 0 Å². The average molecular weight is 231 g/mol. The Balaban J connectivity index is 2.95. The molecule has 0 fully saturated rings. The second-order valence-electron chi connectivity index (χ2n) is 3.61. The fourth-order valence-corrected chi connectivity index (χ4v) is 1.91. The molecule has 0 saturated heterocycles. The van der Waals surface area contributed by atoms with Crippen LogP contribution in [0, 0.1) is 5.82 Å². The van der Waals surface area contributed by atoms with Gasteiger partial charge in [0.2, 0.25) is 0 Å². The van der Waals surface area contributed by atoms with Gasteiger partial charge in [-0.25, -0.2) is 12.8 Å². The quantitative estimate of drug-likeness (QED) is 0.852. The van der Waals surface area contributed by atoms with Gasteiger partial charge in [-0.3, -0.25) is 0 Å². The van der Waals surface area contributed by atoms with Crippen molar-refractivity contribution in [2.24, 2.45) is 5.73 Å². The van der Waals surface area contributed by atoms with Crippen LogP contribution in [0.4, 0.5) is 4.39 Å². The van der Waals surface area contributed by atoms with Crippen LogP contribution in [0.2, 0.25) is 0 Å². The molecule has 5 heteroatoms. The van der Waals surface area contributed by atoms with Crippen LogP contribution in [0.3, 0.4) is 0 Å². The average Bonchev–Trinajstić information content (AvgIpc) is 2.15. The Kier molecular flexibility index (Phi) is 3.46. The molecule has 1 rings (SSSR count). The highest BCUT2D eigenvalue weighted by Crippen LogP contribution is 2.19. The Labute approximate surface area is 89.0 Å². The van der Waals surface area contributed by atoms with E-state index in [1.54, 1.807) is 6.92 Å². The summed E-state index contributed by atoms with van der Waals surface area (Å²) in [4.78, 5) is 0. The van der Waals surface area contributed by atoms with E-state index in [0.29, 0.717) is 5.56 Å². The van der Waals surface area contributed by atoms with Crippen LogP contribution in [0.1, 0.15) is 18.5 Å². The largest absolute Gasteiger partial charge is 0.323 e. The predicted molar refractivity (Wildman–Crippen MR) is 57.6 cm³/mol. The van der Waals surface area contributed by atoms with E-state index in [2.05, 4.69) is 0 Å². The lowest BCUT2D eigenvalue weighted by molar-refractivity contribution is 0.570. The van der Waals surface area contributed by atoms with Gasteiger partial charge in [-0.15, -0.1) is 0 Å². The molecule has 2 unspecified atom stereocenters. The molecule has 0 aliphatic carbocycles. The molecule has 15 heavy (non-hydrogen) atoms. The summed E-state index contributed by atoms with van der Waals surface area (Å²) in [5.74, 6) is -0.363. The highest BCUT2D eigenvalue weighted by molar-refractivity contribution is 7.91. The monoisotopic (exact) mass is 231 g/mol. The molecule has 0 bridgehead atoms. The molecule has 1 aromatic carbocycles. The molecule has 0 radical (unpaired) electrons. The summed E-state index contributed by atoms with van der Waals surface area (Å²) in [5, 5.41) is -0.678. The molecule has 1 aromatic rings. The van der Waals surface area contributed by atoms with Crippen molar-refractivity contribution >= 4 is 9.84 Å². The van der Waals surface area contributed by atoms with Crippen LogP contribution in [-0.2, 0) is 9.84 Å². The molecule has 2 N–H and O–H groups in total. The molecular weight excluding hydrogens is 217 g/mol. The molecule has 3 nitrogen and oxygen atoms in total. The van der Waals surface area contributed by atoms with Crippen molar-refractivity contribution in [1.29, 1.82) is 0 Å². The summed E-state index contributed by atoms with van der Waals surface area (Å²) >= 11 is 0. The highest BCUT2D eigenvalue weighted by Gasteiger charge is 2.23. The van der Waals surface area contributed by atoms with Gasteiger partial charge in [-0.1, -0.05) is 12.1 Å². The van der Waals surface area contributed by atoms with Gasteiger partial charge < -0.3 is 5.73 Å². The summed E-state index contributed by atoms with van der Waals surface area (Å²) in [6.45, 7) is 1.54. The minimum absolute atomic E-state index is 0.363. The molecule has 0 aromatic heterocycles. The van der Waals surface area contributed by atoms with Crippen LogP contribution in [-0.4, -0.2) is 19.9 Å². The zero-order chi connectivity index (χ0) is 11.6. The zero-order valence-electron chi connectivity index (χ0n) is 8.64. The third-order valence-electron chi connectivity index (χ3n) is 2.44. The minimum atomic E-state index is -3.18. The maximum Gasteiger partial charge on any atom is 0.151 e. The third kappa shape index (κ3) is 3.00. The van der Waals surface area contributed by atoms with Crippen LogP contribution >= 0.6 is 0 Å². The number of benzene rings is 1. The van der Waals surface area contributed by atoms with Gasteiger partial charge in [0.05, 0.1) is 5.25 Å². The van der Waals surface area contributed by atoms with E-state index in [0.717, 1.165) is 6.26 Å². The SMILES string of the molecule is CC(C(N)c1ccc(F)cc1)S(C)(=O)=O. The first-order chi connectivity index (χ1) is 6.82. The Morgan fingerprint density at radius 2 is 1.73 bits per heavy atom. The predicted octanol–water partition coefficient (Wildman–Crippen LogP) is 1.26. The second-order valence-corrected chi connectivity index (χ2v) is 6.01. The Bertz CT molecular complexity index is 427. The van der Waals surface area contributed by atoms with Gasteiger partial charge in [-0.2, -0.15) is 0 Å². The molecule has 0 saturated carbocycles. The first-order valence-electron chi connectivity index (χ1n) is 4.52. The summed E-state index contributed by atoms with van der Waals surface area (Å²) in [6.07, 6.45) is 1.14. The normalized spacial score (nSPS) is 16.0. The number of nitrogens with two attached hydrogens (primary N) is 1. The van der Waals surface area contributed by atoms with Crippen LogP contribution in [0.15, 0.2) is 24.3 Å². The molecule has 0 aliphatic rings. The van der Waals surface area contributed by atoms with E-state index in [1.165, 1.54) is 24.3 Å². The summed E-state index contributed by atoms with van der Waals surface area (Å²) < 4.78 is 35.1. The summed E-state index contributed by atoms with van der Waals surface area (Å²) in [7, 11) is -3.18. The van der Waals surface area contributed by atoms with Crippen molar-refractivity contribution < 1.29 is 12.8 Å². The molecule has 2 atom stereocenters. The molecule has 0 spiro atoms. The molecular formula is C10H14FNO2S. The second kappa shape index (κ2) is 4.28. The van der Waals surface area contributed by atoms with E-state index < -0.39 is 21.1 Å². The van der Waals surface area contributed by atoms with E-state index in [9.17, 15) is 12.8 Å². The molecule has 0 amide bonds. The van der Waals surface area contributed by atoms with Gasteiger partial charge in [0.1, 0.15) is 5.82 Å². The van der Waals surface area contributed by atoms with E-state index in [1.807, 2.05) is 0 Å². The lowest BCUT2D eigenvalue weighted by atomic mass is 10.1. The van der Waals surface area contributed by atoms with Crippen molar-refractivity contribution in [2.45, 2.75) is 18.2 Å². The van der Waals surface area contributed by atoms with Crippen molar-refractivity contribution in [3.63, 3.8) is 0 Å². The highest BCUT2D eigenvalue weighted by atomic mass is 32.2. The smallest absolute Gasteiger partial charge is 0.151 e. The lowest BCUT2D eigenvalue weighted by Crippen LogP contribution is -2.30. The van der Waals surface area contributed by atoms with Crippen LogP contribution in [0.5, 0.6) is 0 Å². The minimum Gasteiger partial charge on any atom is -0.323 e. The number of hydrogen-bond donors (Lipinski definition) is 1. The van der Waals surface area contributed by atoms with Crippen molar-refractivity contribution in [1.82, 2.24) is 0 Å². The van der Waals surface area contributed by atoms with Crippen LogP contribution in [0.25, 0.3) is 0 Å². The van der Waals surface area contributed by atoms with E-state index >= 15 is 0 Å². The zero-order valence-corrected chi connectivity index (χ0v) is 9.46. The Morgan fingerprint density at radius 3 is 2.13 bits per heavy atom. The third-order valence-corrected chi connectivity index (χ3v) is 4.08. The summed E-state index contributed by atoms with van der Waals surface area (Å²) in [5.41, 5.74) is 6.39. The Hall–Kier alpha value is -0.940. The van der Waals surface area contributed by atoms with Crippen molar-refractivity contribution in [2.75, 3.05) is 6.26 Å². The number of hydrogen-bond acceptors (Lipinski definition) is 3. The van der Waals surface area contributed by atoms with Crippen LogP contribution < -0.4 is 5.73 Å². The standard InChI is InChI=1S/C10H14FNO2S/c1-7(15(2,13)14)10(12)8-3-5-9(11)6-4-8/h3-7,10H,12H2,1-2H3. The fraction of sp³-hybridized carbons (Fsp3) is 0.400. The number of rotatable bonds is 3. The van der Waals surface area contributed by atoms with Gasteiger partial charge in [0.25, 0.3) is 0 Å². The number of halogens is 1. The first kappa shape index (κ1) is 12.1. The van der Waals surface area contributed by atoms with Gasteiger partial charge >= 0.3 is 0 Å². The maximum absolute atomic E-state index is 12.6. The number of sulfone groups is 1. The van der Waals surface area contributed by atoms with Gasteiger partial charge in [-0.05, 0) is 24.6 Å². The van der Waals surface area contributed by atoms with Crippen molar-refractivity contribution in [3.05, 3.63) is 35.6 Å². The lowest BCUT2D eigenvalue weighted by Gasteiger charge is -2.18. The van der Waals surface area contributed by atoms with E-state index in [-0.39, 0.29) is 5.82 Å². The van der Waals surface area contributed by atoms with Gasteiger partial charge in [0.15, 0.2) is 9.84 Å². The first-order valence-corrected chi connectivity index (χ1v) is 6.47. The van der Waals surface area contributed by atoms with E-state index in [4.69, 9.17) is 5.73 Å².